The molecule has 0 aromatic rings. The molecule has 0 amide bonds. The van der Waals surface area contributed by atoms with Crippen LogP contribution in [0.5, 0.6) is 0 Å². The quantitative estimate of drug-likeness (QED) is 0.622. The fourth-order valence-corrected chi connectivity index (χ4v) is 2.49. The summed E-state index contributed by atoms with van der Waals surface area (Å²) in [5.41, 5.74) is 0.247. The molecule has 13 heavy (non-hydrogen) atoms. The van der Waals surface area contributed by atoms with Crippen molar-refractivity contribution in [2.45, 2.75) is 58.4 Å². The molecule has 1 atom stereocenters. The van der Waals surface area contributed by atoms with E-state index < -0.39 is 0 Å². The normalized spacial score (nSPS) is 16.5. The fraction of sp³-hybridized carbons (Fsp3) is 0.909. The second-order valence-electron chi connectivity index (χ2n) is 4.80. The lowest BCUT2D eigenvalue weighted by Crippen LogP contribution is -2.31. The average molecular weight is 197 g/mol. The van der Waals surface area contributed by atoms with Crippen LogP contribution in [0.25, 0.3) is 0 Å². The molecule has 0 rings (SSSR count). The highest BCUT2D eigenvalue weighted by Crippen LogP contribution is 2.48. The lowest BCUT2D eigenvalue weighted by molar-refractivity contribution is 0.216. The summed E-state index contributed by atoms with van der Waals surface area (Å²) >= 11 is 0. The molecule has 76 valence electrons. The van der Waals surface area contributed by atoms with E-state index in [-0.39, 0.29) is 10.5 Å². The van der Waals surface area contributed by atoms with Crippen molar-refractivity contribution in [1.29, 1.82) is 5.26 Å². The topological polar surface area (TPSA) is 23.8 Å². The molecule has 1 unspecified atom stereocenters. The Morgan fingerprint density at radius 2 is 1.54 bits per heavy atom. The van der Waals surface area contributed by atoms with Gasteiger partial charge in [-0.2, -0.15) is 5.26 Å². The minimum absolute atomic E-state index is 0.0565. The first-order valence-electron chi connectivity index (χ1n) is 5.34. The molecule has 0 fully saturated rings. The van der Waals surface area contributed by atoms with Crippen LogP contribution >= 0.6 is 0 Å². The van der Waals surface area contributed by atoms with Crippen LogP contribution in [0.15, 0.2) is 0 Å². The lowest BCUT2D eigenvalue weighted by atomic mass is 9.71. The maximum atomic E-state index is 9.17. The zero-order valence-corrected chi connectivity index (χ0v) is 11.8. The maximum absolute atomic E-state index is 9.17. The summed E-state index contributed by atoms with van der Waals surface area (Å²) in [5.74, 6) is 0. The first-order chi connectivity index (χ1) is 5.93. The summed E-state index contributed by atoms with van der Waals surface area (Å²) < 4.78 is 0. The van der Waals surface area contributed by atoms with Crippen molar-refractivity contribution in [3.05, 3.63) is 0 Å². The van der Waals surface area contributed by atoms with Gasteiger partial charge in [-0.25, -0.2) is 0 Å². The minimum atomic E-state index is -0.0565. The molecule has 0 heterocycles. The molecule has 0 radical (unpaired) electrons. The summed E-state index contributed by atoms with van der Waals surface area (Å²) in [7, 11) is 0.974. The molecular weight excluding hydrogens is 174 g/mol. The van der Waals surface area contributed by atoms with Crippen LogP contribution in [-0.2, 0) is 0 Å². The van der Waals surface area contributed by atoms with Crippen molar-refractivity contribution in [2.24, 2.45) is 5.41 Å². The second kappa shape index (κ2) is 4.81. The highest BCUT2D eigenvalue weighted by molar-refractivity contribution is 6.17. The number of hydrogen-bond donors (Lipinski definition) is 0. The van der Waals surface area contributed by atoms with Gasteiger partial charge in [0.05, 0.1) is 6.07 Å². The van der Waals surface area contributed by atoms with Gasteiger partial charge in [-0.1, -0.05) is 33.6 Å². The molecular formula is C11H23NSi. The van der Waals surface area contributed by atoms with Crippen LogP contribution in [0.4, 0.5) is 0 Å². The predicted molar refractivity (Wildman–Crippen MR) is 61.8 cm³/mol. The zero-order valence-electron chi connectivity index (χ0n) is 9.78. The Balaban J connectivity index is 4.68. The van der Waals surface area contributed by atoms with Crippen molar-refractivity contribution < 1.29 is 0 Å². The van der Waals surface area contributed by atoms with E-state index in [1.807, 2.05) is 0 Å². The summed E-state index contributed by atoms with van der Waals surface area (Å²) in [6, 6.07) is 2.51. The number of hydrogen-bond acceptors (Lipinski definition) is 1. The Bertz CT molecular complexity index is 185. The maximum Gasteiger partial charge on any atom is 0.0649 e. The molecule has 1 nitrogen and oxygen atoms in total. The van der Waals surface area contributed by atoms with Gasteiger partial charge in [0, 0.05) is 15.3 Å². The molecule has 0 aliphatic carbocycles. The van der Waals surface area contributed by atoms with E-state index in [1.165, 1.54) is 25.7 Å². The van der Waals surface area contributed by atoms with Gasteiger partial charge >= 0.3 is 0 Å². The monoisotopic (exact) mass is 197 g/mol. The summed E-state index contributed by atoms with van der Waals surface area (Å²) in [5, 5.41) is 9.11. The van der Waals surface area contributed by atoms with Gasteiger partial charge in [-0.3, -0.25) is 0 Å². The molecule has 0 aromatic heterocycles. The largest absolute Gasteiger partial charge is 0.198 e. The van der Waals surface area contributed by atoms with E-state index in [2.05, 4.69) is 33.8 Å². The zero-order chi connectivity index (χ0) is 10.5. The van der Waals surface area contributed by atoms with E-state index in [0.717, 1.165) is 10.2 Å². The van der Waals surface area contributed by atoms with Crippen molar-refractivity contribution >= 4 is 10.2 Å². The third-order valence-electron chi connectivity index (χ3n) is 3.39. The van der Waals surface area contributed by atoms with Gasteiger partial charge in [0.25, 0.3) is 0 Å². The van der Waals surface area contributed by atoms with Crippen LogP contribution in [-0.4, -0.2) is 10.2 Å². The first-order valence-corrected chi connectivity index (χ1v) is 6.34. The molecule has 0 spiro atoms. The van der Waals surface area contributed by atoms with E-state index in [0.29, 0.717) is 0 Å². The molecule has 0 aliphatic rings. The molecule has 0 saturated carbocycles. The minimum Gasteiger partial charge on any atom is -0.198 e. The Hall–Kier alpha value is -0.293. The summed E-state index contributed by atoms with van der Waals surface area (Å²) in [4.78, 5) is 0. The Labute approximate surface area is 86.0 Å². The molecule has 0 aliphatic heterocycles. The van der Waals surface area contributed by atoms with Crippen LogP contribution in [0.3, 0.4) is 0 Å². The van der Waals surface area contributed by atoms with E-state index >= 15 is 0 Å². The van der Waals surface area contributed by atoms with Gasteiger partial charge < -0.3 is 0 Å². The van der Waals surface area contributed by atoms with Crippen molar-refractivity contribution in [3.63, 3.8) is 0 Å². The van der Waals surface area contributed by atoms with E-state index in [1.54, 1.807) is 0 Å². The van der Waals surface area contributed by atoms with Gasteiger partial charge in [0.1, 0.15) is 0 Å². The van der Waals surface area contributed by atoms with Crippen molar-refractivity contribution in [2.75, 3.05) is 0 Å². The van der Waals surface area contributed by atoms with Gasteiger partial charge in [0.15, 0.2) is 0 Å². The van der Waals surface area contributed by atoms with E-state index in [9.17, 15) is 0 Å². The Morgan fingerprint density at radius 3 is 1.77 bits per heavy atom. The van der Waals surface area contributed by atoms with Crippen LogP contribution < -0.4 is 0 Å². The summed E-state index contributed by atoms with van der Waals surface area (Å²) in [6.07, 6.45) is 4.76. The highest BCUT2D eigenvalue weighted by atomic mass is 28.1. The molecule has 0 N–H and O–H groups in total. The number of nitriles is 1. The van der Waals surface area contributed by atoms with Gasteiger partial charge in [-0.15, -0.1) is 0 Å². The smallest absolute Gasteiger partial charge is 0.0649 e. The Morgan fingerprint density at radius 1 is 1.15 bits per heavy atom. The first kappa shape index (κ1) is 12.7. The average Bonchev–Trinajstić information content (AvgIpc) is 2.05. The molecule has 0 bridgehead atoms. The van der Waals surface area contributed by atoms with Crippen molar-refractivity contribution in [3.8, 4) is 6.07 Å². The summed E-state index contributed by atoms with van der Waals surface area (Å²) in [6.45, 7) is 8.84. The lowest BCUT2D eigenvalue weighted by Gasteiger charge is -2.40. The van der Waals surface area contributed by atoms with Gasteiger partial charge in [-0.05, 0) is 25.2 Å². The predicted octanol–water partition coefficient (Wildman–Crippen LogP) is 2.66. The van der Waals surface area contributed by atoms with Crippen LogP contribution in [0.2, 0.25) is 5.04 Å². The van der Waals surface area contributed by atoms with Gasteiger partial charge in [0.2, 0.25) is 0 Å². The second-order valence-corrected chi connectivity index (χ2v) is 6.80. The van der Waals surface area contributed by atoms with Crippen LogP contribution in [0.1, 0.15) is 53.4 Å². The van der Waals surface area contributed by atoms with E-state index in [4.69, 9.17) is 5.26 Å². The van der Waals surface area contributed by atoms with Crippen molar-refractivity contribution in [1.82, 2.24) is 0 Å². The Kier molecular flexibility index (Phi) is 4.70. The SMILES string of the molecule is CCCC(C)(CCC)C(C)([SiH3])C#N. The fourth-order valence-electron chi connectivity index (χ4n) is 1.99. The molecule has 0 saturated heterocycles. The number of nitrogens with zero attached hydrogens (tertiary/aromatic N) is 1. The molecule has 0 aromatic carbocycles. The molecule has 2 heteroatoms. The third-order valence-corrected chi connectivity index (χ3v) is 4.82. The van der Waals surface area contributed by atoms with Crippen LogP contribution in [0, 0.1) is 16.7 Å². The third kappa shape index (κ3) is 2.84. The number of rotatable bonds is 5. The standard InChI is InChI=1S/C11H23NSi/c1-5-7-10(3,8-6-2)11(4,13)9-12/h5-8H2,1-4,13H3. The highest BCUT2D eigenvalue weighted by Gasteiger charge is 2.39.